The summed E-state index contributed by atoms with van der Waals surface area (Å²) in [7, 11) is 4.48. The Morgan fingerprint density at radius 3 is 2.39 bits per heavy atom. The van der Waals surface area contributed by atoms with Gasteiger partial charge in [0, 0.05) is 43.1 Å². The van der Waals surface area contributed by atoms with Crippen molar-refractivity contribution in [2.45, 2.75) is 13.5 Å². The van der Waals surface area contributed by atoms with Crippen LogP contribution in [-0.2, 0) is 13.6 Å². The van der Waals surface area contributed by atoms with Crippen LogP contribution in [0.25, 0.3) is 28.2 Å². The second-order valence-electron chi connectivity index (χ2n) is 10.4. The van der Waals surface area contributed by atoms with Gasteiger partial charge in [0.05, 0.1) is 58.0 Å². The molecule has 0 radical (unpaired) electrons. The molecule has 0 saturated heterocycles. The summed E-state index contributed by atoms with van der Waals surface area (Å²) < 4.78 is 13.7. The van der Waals surface area contributed by atoms with Gasteiger partial charge in [0.25, 0.3) is 16.8 Å². The highest BCUT2D eigenvalue weighted by atomic mass is 35.5. The van der Waals surface area contributed by atoms with E-state index in [-0.39, 0.29) is 56.1 Å². The van der Waals surface area contributed by atoms with Crippen molar-refractivity contribution in [2.75, 3.05) is 24.5 Å². The smallest absolute Gasteiger partial charge is 0.292 e. The van der Waals surface area contributed by atoms with E-state index in [1.165, 1.54) is 41.7 Å². The molecule has 0 spiro atoms. The summed E-state index contributed by atoms with van der Waals surface area (Å²) in [5, 5.41) is 17.1. The number of ether oxygens (including phenoxy) is 2. The maximum atomic E-state index is 13.9. The molecule has 4 heterocycles. The molecule has 0 unspecified atom stereocenters. The zero-order valence-corrected chi connectivity index (χ0v) is 26.5. The first-order valence-electron chi connectivity index (χ1n) is 13.9. The summed E-state index contributed by atoms with van der Waals surface area (Å²) in [6, 6.07) is 14.4. The maximum Gasteiger partial charge on any atom is 0.292 e. The molecule has 1 aliphatic rings. The van der Waals surface area contributed by atoms with E-state index >= 15 is 0 Å². The Morgan fingerprint density at radius 2 is 1.72 bits per heavy atom. The maximum absolute atomic E-state index is 13.9. The molecule has 1 N–H and O–H groups in total. The molecular formula is C32H26Cl2N6O6. The number of aryl methyl sites for hydroxylation is 1. The fourth-order valence-electron chi connectivity index (χ4n) is 5.56. The molecule has 0 bridgehead atoms. The highest BCUT2D eigenvalue weighted by molar-refractivity contribution is 6.41. The molecule has 0 fully saturated rings. The Hall–Kier alpha value is -5.33. The van der Waals surface area contributed by atoms with Crippen LogP contribution in [0.15, 0.2) is 76.2 Å². The Labute approximate surface area is 271 Å². The van der Waals surface area contributed by atoms with Crippen molar-refractivity contribution in [1.82, 2.24) is 14.2 Å². The summed E-state index contributed by atoms with van der Waals surface area (Å²) in [5.41, 5.74) is 2.48. The molecule has 46 heavy (non-hydrogen) atoms. The fraction of sp³-hybridized carbons (Fsp3) is 0.156. The highest BCUT2D eigenvalue weighted by Gasteiger charge is 2.29. The second-order valence-corrected chi connectivity index (χ2v) is 11.2. The monoisotopic (exact) mass is 660 g/mol. The number of nitro benzene ring substituents is 1. The van der Waals surface area contributed by atoms with Crippen molar-refractivity contribution >= 4 is 51.7 Å². The van der Waals surface area contributed by atoms with Crippen LogP contribution in [0, 0.1) is 17.0 Å². The average Bonchev–Trinajstić information content (AvgIpc) is 3.04. The molecular weight excluding hydrogens is 635 g/mol. The third-order valence-corrected chi connectivity index (χ3v) is 8.59. The lowest BCUT2D eigenvalue weighted by Gasteiger charge is -2.34. The van der Waals surface area contributed by atoms with Crippen molar-refractivity contribution < 1.29 is 14.4 Å². The Bertz CT molecular complexity index is 2200. The van der Waals surface area contributed by atoms with Crippen LogP contribution in [-0.4, -0.2) is 33.4 Å². The van der Waals surface area contributed by atoms with E-state index in [2.05, 4.69) is 10.3 Å². The standard InChI is InChI=1S/C32H26Cl2N6O6/c1-17-7-5-8-22(40(43)44)31(17)36-26-14-23-18(16-38(26)39-21-9-6-12-35-20(21)10-11-27(39)41)13-19(32(42)37(23)2)28-29(33)24(45-3)15-25(46-4)30(28)34/h5-15,36H,16H2,1-4H3. The number of halogens is 2. The van der Waals surface area contributed by atoms with Crippen LogP contribution in [0.3, 0.4) is 0 Å². The molecule has 3 aromatic heterocycles. The Morgan fingerprint density at radius 1 is 1.00 bits per heavy atom. The van der Waals surface area contributed by atoms with Gasteiger partial charge in [-0.1, -0.05) is 35.3 Å². The molecule has 0 saturated carbocycles. The molecule has 234 valence electrons. The van der Waals surface area contributed by atoms with Gasteiger partial charge in [-0.15, -0.1) is 0 Å². The van der Waals surface area contributed by atoms with Crippen LogP contribution >= 0.6 is 23.2 Å². The highest BCUT2D eigenvalue weighted by Crippen LogP contribution is 2.45. The molecule has 0 atom stereocenters. The number of anilines is 1. The average molecular weight is 662 g/mol. The van der Waals surface area contributed by atoms with E-state index in [4.69, 9.17) is 32.7 Å². The van der Waals surface area contributed by atoms with Crippen LogP contribution in [0.1, 0.15) is 16.8 Å². The number of nitrogens with zero attached hydrogens (tertiary/aromatic N) is 5. The quantitative estimate of drug-likeness (QED) is 0.168. The minimum Gasteiger partial charge on any atom is -0.495 e. The van der Waals surface area contributed by atoms with Gasteiger partial charge in [0.1, 0.15) is 23.0 Å². The molecule has 0 aliphatic carbocycles. The summed E-state index contributed by atoms with van der Waals surface area (Å²) in [4.78, 5) is 43.4. The summed E-state index contributed by atoms with van der Waals surface area (Å²) in [5.74, 6) is 0.839. The number of hydrogen-bond donors (Lipinski definition) is 1. The topological polar surface area (TPSA) is 134 Å². The SMILES string of the molecule is COc1cc(OC)c(Cl)c(-c2cc3c(n(C)c2=O)C=C(Nc2c(C)cccc2[N+](=O)[O-])N(n2c(=O)ccc4ncccc42)C3)c1Cl. The first-order valence-corrected chi connectivity index (χ1v) is 14.6. The zero-order valence-electron chi connectivity index (χ0n) is 25.0. The molecule has 5 aromatic rings. The van der Waals surface area contributed by atoms with Gasteiger partial charge in [-0.05, 0) is 42.3 Å². The molecule has 12 nitrogen and oxygen atoms in total. The van der Waals surface area contributed by atoms with E-state index in [0.29, 0.717) is 33.7 Å². The van der Waals surface area contributed by atoms with Gasteiger partial charge in [-0.3, -0.25) is 29.7 Å². The number of rotatable bonds is 7. The molecule has 0 amide bonds. The van der Waals surface area contributed by atoms with E-state index in [9.17, 15) is 19.7 Å². The van der Waals surface area contributed by atoms with Gasteiger partial charge < -0.3 is 19.4 Å². The number of nitrogens with one attached hydrogen (secondary N) is 1. The summed E-state index contributed by atoms with van der Waals surface area (Å²) >= 11 is 13.4. The van der Waals surface area contributed by atoms with Crippen LogP contribution < -0.4 is 30.9 Å². The van der Waals surface area contributed by atoms with E-state index in [0.717, 1.165) is 0 Å². The molecule has 1 aliphatic heterocycles. The Kier molecular flexibility index (Phi) is 7.92. The van der Waals surface area contributed by atoms with Gasteiger partial charge in [-0.2, -0.15) is 0 Å². The van der Waals surface area contributed by atoms with Crippen molar-refractivity contribution in [3.8, 4) is 22.6 Å². The summed E-state index contributed by atoms with van der Waals surface area (Å²) in [6.45, 7) is 1.79. The predicted octanol–water partition coefficient (Wildman–Crippen LogP) is 5.87. The normalized spacial score (nSPS) is 12.5. The first-order chi connectivity index (χ1) is 22.0. The number of hydrogen-bond acceptors (Lipinski definition) is 9. The van der Waals surface area contributed by atoms with Crippen LogP contribution in [0.4, 0.5) is 11.4 Å². The first kappa shape index (κ1) is 30.7. The minimum atomic E-state index is -0.483. The third kappa shape index (κ3) is 5.01. The molecule has 14 heteroatoms. The number of benzene rings is 2. The Balaban J connectivity index is 1.63. The lowest BCUT2D eigenvalue weighted by molar-refractivity contribution is -0.384. The van der Waals surface area contributed by atoms with Gasteiger partial charge in [-0.25, -0.2) is 4.68 Å². The van der Waals surface area contributed by atoms with E-state index < -0.39 is 10.5 Å². The van der Waals surface area contributed by atoms with Crippen molar-refractivity contribution in [3.63, 3.8) is 0 Å². The molecule has 6 rings (SSSR count). The number of fused-ring (bicyclic) bond motifs is 2. The van der Waals surface area contributed by atoms with Crippen molar-refractivity contribution in [3.05, 3.63) is 124 Å². The number of pyridine rings is 3. The van der Waals surface area contributed by atoms with Crippen LogP contribution in [0.5, 0.6) is 11.5 Å². The van der Waals surface area contributed by atoms with E-state index in [1.807, 2.05) is 0 Å². The minimum absolute atomic E-state index is 0.0548. The largest absolute Gasteiger partial charge is 0.495 e. The van der Waals surface area contributed by atoms with Crippen LogP contribution in [0.2, 0.25) is 10.0 Å². The number of aromatic nitrogens is 3. The number of nitro groups is 1. The summed E-state index contributed by atoms with van der Waals surface area (Å²) in [6.07, 6.45) is 3.28. The van der Waals surface area contributed by atoms with Gasteiger partial charge in [0.15, 0.2) is 0 Å². The number of methoxy groups -OCH3 is 2. The third-order valence-electron chi connectivity index (χ3n) is 7.84. The fourth-order valence-corrected chi connectivity index (χ4v) is 6.27. The lowest BCUT2D eigenvalue weighted by Crippen LogP contribution is -2.45. The van der Waals surface area contributed by atoms with Gasteiger partial charge >= 0.3 is 0 Å². The number of para-hydroxylation sites is 1. The van der Waals surface area contributed by atoms with Crippen molar-refractivity contribution in [2.24, 2.45) is 7.05 Å². The molecule has 2 aromatic carbocycles. The van der Waals surface area contributed by atoms with Crippen molar-refractivity contribution in [1.29, 1.82) is 0 Å². The predicted molar refractivity (Wildman–Crippen MR) is 178 cm³/mol. The van der Waals surface area contributed by atoms with E-state index in [1.54, 1.807) is 67.7 Å². The zero-order chi connectivity index (χ0) is 32.9. The second kappa shape index (κ2) is 11.9. The van der Waals surface area contributed by atoms with Gasteiger partial charge in [0.2, 0.25) is 0 Å². The lowest BCUT2D eigenvalue weighted by atomic mass is 10.0.